The summed E-state index contributed by atoms with van der Waals surface area (Å²) in [6.07, 6.45) is 8.66. The fourth-order valence-corrected chi connectivity index (χ4v) is 3.66. The van der Waals surface area contributed by atoms with Gasteiger partial charge in [0.2, 0.25) is 0 Å². The zero-order chi connectivity index (χ0) is 19.7. The molecule has 0 spiro atoms. The van der Waals surface area contributed by atoms with Crippen LogP contribution >= 0.6 is 0 Å². The van der Waals surface area contributed by atoms with Gasteiger partial charge < -0.3 is 9.84 Å². The summed E-state index contributed by atoms with van der Waals surface area (Å²) in [5.74, 6) is 0.112. The Labute approximate surface area is 210 Å². The first-order valence-electron chi connectivity index (χ1n) is 9.46. The van der Waals surface area contributed by atoms with Gasteiger partial charge in [0.25, 0.3) is 10.1 Å². The molecule has 0 unspecified atom stereocenters. The van der Waals surface area contributed by atoms with Crippen molar-refractivity contribution in [1.82, 2.24) is 0 Å². The summed E-state index contributed by atoms with van der Waals surface area (Å²) >= 11 is 0. The summed E-state index contributed by atoms with van der Waals surface area (Å²) in [5.41, 5.74) is 0.704. The molecule has 28 heavy (non-hydrogen) atoms. The number of rotatable bonds is 11. The first kappa shape index (κ1) is 25.6. The van der Waals surface area contributed by atoms with Crippen molar-refractivity contribution in [2.24, 2.45) is 0 Å². The van der Waals surface area contributed by atoms with Crippen molar-refractivity contribution >= 4 is 10.1 Å². The topological polar surface area (TPSA) is 86.7 Å². The maximum absolute atomic E-state index is 11.8. The van der Waals surface area contributed by atoms with Crippen LogP contribution in [0.15, 0.2) is 47.4 Å². The second-order valence-electron chi connectivity index (χ2n) is 6.67. The van der Waals surface area contributed by atoms with Gasteiger partial charge >= 0.3 is 51.4 Å². The Hall–Kier alpha value is -0.414. The minimum Gasteiger partial charge on any atom is -0.872 e. The average Bonchev–Trinajstić information content (AvgIpc) is 2.61. The van der Waals surface area contributed by atoms with Crippen LogP contribution in [-0.2, 0) is 16.5 Å². The van der Waals surface area contributed by atoms with E-state index in [0.717, 1.165) is 19.3 Å². The molecule has 0 saturated carbocycles. The van der Waals surface area contributed by atoms with E-state index in [0.29, 0.717) is 12.0 Å². The molecule has 2 rings (SSSR count). The number of unbranched alkanes of at least 4 members (excludes halogenated alkanes) is 6. The molecule has 2 aromatic carbocycles. The molecule has 0 atom stereocenters. The molecular weight excluding hydrogens is 403 g/mol. The molecule has 0 aromatic heterocycles. The first-order chi connectivity index (χ1) is 12.9. The zero-order valence-electron chi connectivity index (χ0n) is 16.7. The number of benzene rings is 2. The van der Waals surface area contributed by atoms with Crippen LogP contribution in [0.5, 0.6) is 17.2 Å². The minimum absolute atomic E-state index is 0. The van der Waals surface area contributed by atoms with Crippen molar-refractivity contribution < 1.29 is 74.2 Å². The Morgan fingerprint density at radius 2 is 1.61 bits per heavy atom. The van der Waals surface area contributed by atoms with Crippen molar-refractivity contribution in [2.75, 3.05) is 0 Å². The maximum Gasteiger partial charge on any atom is 1.00 e. The molecule has 0 bridgehead atoms. The van der Waals surface area contributed by atoms with E-state index in [2.05, 4.69) is 6.92 Å². The summed E-state index contributed by atoms with van der Waals surface area (Å²) in [5, 5.41) is 11.5. The second-order valence-corrected chi connectivity index (χ2v) is 8.06. The summed E-state index contributed by atoms with van der Waals surface area (Å²) in [7, 11) is -4.43. The van der Waals surface area contributed by atoms with Crippen LogP contribution in [0.25, 0.3) is 0 Å². The molecule has 0 aliphatic rings. The van der Waals surface area contributed by atoms with Crippen molar-refractivity contribution in [3.05, 3.63) is 48.0 Å². The van der Waals surface area contributed by atoms with Gasteiger partial charge in [0.15, 0.2) is 5.75 Å². The fraction of sp³-hybridized carbons (Fsp3) is 0.429. The van der Waals surface area contributed by atoms with Crippen molar-refractivity contribution in [3.8, 4) is 17.2 Å². The quantitative estimate of drug-likeness (QED) is 0.335. The molecule has 2 aromatic rings. The summed E-state index contributed by atoms with van der Waals surface area (Å²) < 4.78 is 38.8. The van der Waals surface area contributed by atoms with Gasteiger partial charge in [-0.3, -0.25) is 4.55 Å². The SMILES string of the molecule is CCCCCCCCCc1cccc(S(=O)(=O)O)c1Oc1cccc([O-])c1.[K+]. The van der Waals surface area contributed by atoms with Gasteiger partial charge in [0.1, 0.15) is 10.6 Å². The molecule has 0 radical (unpaired) electrons. The Morgan fingerprint density at radius 3 is 2.25 bits per heavy atom. The third-order valence-electron chi connectivity index (χ3n) is 4.41. The summed E-state index contributed by atoms with van der Waals surface area (Å²) in [4.78, 5) is -0.278. The van der Waals surface area contributed by atoms with Crippen LogP contribution in [0.1, 0.15) is 57.4 Å². The smallest absolute Gasteiger partial charge is 0.872 e. The van der Waals surface area contributed by atoms with Crippen LogP contribution in [0.3, 0.4) is 0 Å². The Bertz CT molecular complexity index is 836. The molecule has 0 heterocycles. The van der Waals surface area contributed by atoms with Gasteiger partial charge in [-0.2, -0.15) is 8.42 Å². The molecule has 7 heteroatoms. The zero-order valence-corrected chi connectivity index (χ0v) is 20.6. The van der Waals surface area contributed by atoms with E-state index in [9.17, 15) is 18.1 Å². The molecule has 5 nitrogen and oxygen atoms in total. The van der Waals surface area contributed by atoms with E-state index in [1.165, 1.54) is 43.9 Å². The Balaban J connectivity index is 0.00000392. The predicted octanol–water partition coefficient (Wildman–Crippen LogP) is 2.10. The molecule has 148 valence electrons. The minimum atomic E-state index is -4.43. The summed E-state index contributed by atoms with van der Waals surface area (Å²) in [6, 6.07) is 10.5. The molecule has 1 N–H and O–H groups in total. The number of ether oxygens (including phenoxy) is 1. The van der Waals surface area contributed by atoms with Gasteiger partial charge in [-0.1, -0.05) is 69.7 Å². The first-order valence-corrected chi connectivity index (χ1v) is 10.9. The van der Waals surface area contributed by atoms with E-state index in [1.54, 1.807) is 24.3 Å². The van der Waals surface area contributed by atoms with Crippen molar-refractivity contribution in [2.45, 2.75) is 63.2 Å². The van der Waals surface area contributed by atoms with E-state index in [4.69, 9.17) is 4.74 Å². The number of aryl methyl sites for hydroxylation is 1. The van der Waals surface area contributed by atoms with Crippen LogP contribution in [0.4, 0.5) is 0 Å². The van der Waals surface area contributed by atoms with Crippen LogP contribution in [0.2, 0.25) is 0 Å². The number of hydrogen-bond donors (Lipinski definition) is 1. The third kappa shape index (κ3) is 8.53. The fourth-order valence-electron chi connectivity index (χ4n) is 3.01. The van der Waals surface area contributed by atoms with Gasteiger partial charge in [0.05, 0.1) is 0 Å². The van der Waals surface area contributed by atoms with E-state index in [-0.39, 0.29) is 73.5 Å². The van der Waals surface area contributed by atoms with Gasteiger partial charge in [-0.25, -0.2) is 0 Å². The van der Waals surface area contributed by atoms with Crippen LogP contribution in [-0.4, -0.2) is 13.0 Å². The molecule has 0 aliphatic heterocycles. The average molecular weight is 431 g/mol. The van der Waals surface area contributed by atoms with E-state index < -0.39 is 10.1 Å². The molecule has 0 amide bonds. The molecule has 0 fully saturated rings. The van der Waals surface area contributed by atoms with E-state index >= 15 is 0 Å². The van der Waals surface area contributed by atoms with E-state index in [1.807, 2.05) is 0 Å². The standard InChI is InChI=1S/C21H28O5S.K/c1-2-3-4-5-6-7-8-11-17-12-9-15-20(27(23,24)25)21(17)26-19-14-10-13-18(22)16-19;/h9-10,12-16,22H,2-8,11H2,1H3,(H,23,24,25);/q;+1/p-1. The molecule has 0 aliphatic carbocycles. The number of para-hydroxylation sites is 1. The van der Waals surface area contributed by atoms with Crippen LogP contribution < -0.4 is 61.2 Å². The van der Waals surface area contributed by atoms with Crippen molar-refractivity contribution in [3.63, 3.8) is 0 Å². The second kappa shape index (κ2) is 13.0. The normalized spacial score (nSPS) is 11.1. The van der Waals surface area contributed by atoms with Gasteiger partial charge in [-0.15, -0.1) is 5.75 Å². The molecule has 0 saturated heterocycles. The number of hydrogen-bond acceptors (Lipinski definition) is 4. The summed E-state index contributed by atoms with van der Waals surface area (Å²) in [6.45, 7) is 2.19. The Morgan fingerprint density at radius 1 is 0.964 bits per heavy atom. The maximum atomic E-state index is 11.8. The van der Waals surface area contributed by atoms with Gasteiger partial charge in [0, 0.05) is 0 Å². The predicted molar refractivity (Wildman–Crippen MR) is 104 cm³/mol. The largest absolute Gasteiger partial charge is 1.00 e. The Kier molecular flexibility index (Phi) is 11.9. The van der Waals surface area contributed by atoms with Gasteiger partial charge in [-0.05, 0) is 36.6 Å². The van der Waals surface area contributed by atoms with Crippen molar-refractivity contribution in [1.29, 1.82) is 0 Å². The van der Waals surface area contributed by atoms with Crippen LogP contribution in [0, 0.1) is 0 Å². The third-order valence-corrected chi connectivity index (χ3v) is 5.29. The monoisotopic (exact) mass is 430 g/mol. The molecular formula is C21H27KO5S.